The highest BCUT2D eigenvalue weighted by Gasteiger charge is 2.19. The third-order valence-electron chi connectivity index (χ3n) is 3.93. The first-order valence-corrected chi connectivity index (χ1v) is 7.74. The third-order valence-corrected chi connectivity index (χ3v) is 3.93. The van der Waals surface area contributed by atoms with Crippen LogP contribution in [0.15, 0.2) is 35.5 Å². The first-order chi connectivity index (χ1) is 10.3. The second kappa shape index (κ2) is 8.64. The van der Waals surface area contributed by atoms with Gasteiger partial charge in [0.05, 0.1) is 0 Å². The summed E-state index contributed by atoms with van der Waals surface area (Å²) in [6, 6.07) is 11.2. The molecule has 116 valence electrons. The normalized spacial score (nSPS) is 20.6. The van der Waals surface area contributed by atoms with Gasteiger partial charge < -0.3 is 16.3 Å². The molecule has 1 aromatic carbocycles. The van der Waals surface area contributed by atoms with E-state index in [1.807, 2.05) is 0 Å². The summed E-state index contributed by atoms with van der Waals surface area (Å²) in [6.07, 6.45) is 4.02. The van der Waals surface area contributed by atoms with E-state index in [1.54, 1.807) is 0 Å². The average Bonchev–Trinajstić information content (AvgIpc) is 2.52. The maximum absolute atomic E-state index is 8.49. The molecule has 1 aliphatic heterocycles. The number of hydrogen-bond donors (Lipinski definition) is 3. The Kier molecular flexibility index (Phi) is 6.50. The van der Waals surface area contributed by atoms with Gasteiger partial charge in [-0.3, -0.25) is 4.90 Å². The van der Waals surface area contributed by atoms with Gasteiger partial charge in [-0.15, -0.1) is 0 Å². The zero-order valence-corrected chi connectivity index (χ0v) is 12.5. The second-order valence-electron chi connectivity index (χ2n) is 5.71. The van der Waals surface area contributed by atoms with Crippen molar-refractivity contribution in [2.24, 2.45) is 10.9 Å². The summed E-state index contributed by atoms with van der Waals surface area (Å²) in [7, 11) is 0. The molecule has 1 aliphatic rings. The number of nitrogens with one attached hydrogen (secondary N) is 1. The minimum absolute atomic E-state index is 0.311. The Hall–Kier alpha value is -1.59. The van der Waals surface area contributed by atoms with E-state index in [9.17, 15) is 0 Å². The summed E-state index contributed by atoms with van der Waals surface area (Å²) in [5.74, 6) is 0.311. The molecule has 1 atom stereocenters. The maximum atomic E-state index is 8.49. The number of likely N-dealkylation sites (tertiary alicyclic amines) is 1. The Bertz CT molecular complexity index is 435. The summed E-state index contributed by atoms with van der Waals surface area (Å²) >= 11 is 0. The van der Waals surface area contributed by atoms with Gasteiger partial charge in [0.15, 0.2) is 0 Å². The Balaban J connectivity index is 1.68. The molecule has 0 aromatic heterocycles. The van der Waals surface area contributed by atoms with Crippen LogP contribution in [0.2, 0.25) is 0 Å². The third kappa shape index (κ3) is 5.73. The van der Waals surface area contributed by atoms with Crippen LogP contribution < -0.4 is 11.1 Å². The van der Waals surface area contributed by atoms with Gasteiger partial charge in [0.25, 0.3) is 0 Å². The van der Waals surface area contributed by atoms with Crippen molar-refractivity contribution in [2.45, 2.75) is 38.3 Å². The molecule has 4 N–H and O–H groups in total. The highest BCUT2D eigenvalue weighted by atomic mass is 16.4. The van der Waals surface area contributed by atoms with Crippen molar-refractivity contribution in [2.75, 3.05) is 19.6 Å². The smallest absolute Gasteiger partial charge is 0.139 e. The van der Waals surface area contributed by atoms with Crippen LogP contribution in [0.25, 0.3) is 0 Å². The molecule has 0 amide bonds. The number of nitrogens with two attached hydrogens (primary N) is 1. The number of piperidine rings is 1. The van der Waals surface area contributed by atoms with Gasteiger partial charge in [0.2, 0.25) is 0 Å². The average molecular weight is 290 g/mol. The summed E-state index contributed by atoms with van der Waals surface area (Å²) in [5, 5.41) is 15.1. The van der Waals surface area contributed by atoms with Crippen LogP contribution in [0.4, 0.5) is 0 Å². The fourth-order valence-corrected chi connectivity index (χ4v) is 2.83. The Morgan fingerprint density at radius 1 is 1.38 bits per heavy atom. The van der Waals surface area contributed by atoms with Gasteiger partial charge in [-0.2, -0.15) is 0 Å². The molecular formula is C16H26N4O. The fourth-order valence-electron chi connectivity index (χ4n) is 2.83. The number of amidine groups is 1. The van der Waals surface area contributed by atoms with Crippen molar-refractivity contribution >= 4 is 5.84 Å². The van der Waals surface area contributed by atoms with Crippen molar-refractivity contribution < 1.29 is 5.21 Å². The zero-order chi connectivity index (χ0) is 14.9. The topological polar surface area (TPSA) is 73.9 Å². The minimum atomic E-state index is 0.311. The lowest BCUT2D eigenvalue weighted by Crippen LogP contribution is -2.45. The van der Waals surface area contributed by atoms with Crippen molar-refractivity contribution in [3.8, 4) is 0 Å². The van der Waals surface area contributed by atoms with Crippen LogP contribution in [0.3, 0.4) is 0 Å². The number of hydrogen-bond acceptors (Lipinski definition) is 4. The molecule has 1 fully saturated rings. The minimum Gasteiger partial charge on any atom is -0.409 e. The van der Waals surface area contributed by atoms with Gasteiger partial charge in [-0.1, -0.05) is 35.5 Å². The van der Waals surface area contributed by atoms with Crippen LogP contribution in [0.1, 0.15) is 31.2 Å². The number of oxime groups is 1. The summed E-state index contributed by atoms with van der Waals surface area (Å²) in [4.78, 5) is 2.51. The van der Waals surface area contributed by atoms with E-state index in [0.717, 1.165) is 26.1 Å². The molecule has 1 unspecified atom stereocenters. The molecule has 0 aliphatic carbocycles. The largest absolute Gasteiger partial charge is 0.409 e. The predicted molar refractivity (Wildman–Crippen MR) is 85.4 cm³/mol. The van der Waals surface area contributed by atoms with Gasteiger partial charge in [0, 0.05) is 25.6 Å². The van der Waals surface area contributed by atoms with E-state index in [-0.39, 0.29) is 0 Å². The molecule has 1 aromatic rings. The highest BCUT2D eigenvalue weighted by molar-refractivity contribution is 5.79. The quantitative estimate of drug-likeness (QED) is 0.235. The van der Waals surface area contributed by atoms with E-state index in [1.165, 1.54) is 24.9 Å². The van der Waals surface area contributed by atoms with Crippen molar-refractivity contribution in [3.05, 3.63) is 35.9 Å². The van der Waals surface area contributed by atoms with Crippen LogP contribution >= 0.6 is 0 Å². The van der Waals surface area contributed by atoms with Crippen LogP contribution in [-0.4, -0.2) is 41.6 Å². The van der Waals surface area contributed by atoms with Crippen LogP contribution in [0.5, 0.6) is 0 Å². The lowest BCUT2D eigenvalue weighted by molar-refractivity contribution is 0.183. The van der Waals surface area contributed by atoms with Gasteiger partial charge in [-0.05, 0) is 37.9 Å². The lowest BCUT2D eigenvalue weighted by atomic mass is 10.0. The summed E-state index contributed by atoms with van der Waals surface area (Å²) in [5.41, 5.74) is 6.84. The van der Waals surface area contributed by atoms with E-state index in [2.05, 4.69) is 45.7 Å². The summed E-state index contributed by atoms with van der Waals surface area (Å²) in [6.45, 7) is 4.22. The molecule has 0 saturated carbocycles. The maximum Gasteiger partial charge on any atom is 0.139 e. The first-order valence-electron chi connectivity index (χ1n) is 7.74. The fraction of sp³-hybridized carbons (Fsp3) is 0.562. The Labute approximate surface area is 126 Å². The number of benzene rings is 1. The molecular weight excluding hydrogens is 264 g/mol. The molecule has 1 heterocycles. The standard InChI is InChI=1S/C16H26N4O/c17-16(19-21)9-4-10-18-15-8-5-11-20(13-15)12-14-6-2-1-3-7-14/h1-3,6-7,15,18,21H,4-5,8-13H2,(H2,17,19). The molecule has 0 spiro atoms. The van der Waals surface area contributed by atoms with E-state index < -0.39 is 0 Å². The van der Waals surface area contributed by atoms with Gasteiger partial charge in [0.1, 0.15) is 5.84 Å². The molecule has 21 heavy (non-hydrogen) atoms. The van der Waals surface area contributed by atoms with Crippen molar-refractivity contribution in [3.63, 3.8) is 0 Å². The molecule has 0 bridgehead atoms. The lowest BCUT2D eigenvalue weighted by Gasteiger charge is -2.33. The highest BCUT2D eigenvalue weighted by Crippen LogP contribution is 2.13. The number of nitrogens with zero attached hydrogens (tertiary/aromatic N) is 2. The van der Waals surface area contributed by atoms with Gasteiger partial charge >= 0.3 is 0 Å². The van der Waals surface area contributed by atoms with Crippen LogP contribution in [-0.2, 0) is 6.54 Å². The van der Waals surface area contributed by atoms with E-state index in [4.69, 9.17) is 10.9 Å². The molecule has 5 heteroatoms. The van der Waals surface area contributed by atoms with Crippen molar-refractivity contribution in [1.82, 2.24) is 10.2 Å². The molecule has 2 rings (SSSR count). The first kappa shape index (κ1) is 15.8. The van der Waals surface area contributed by atoms with Crippen LogP contribution in [0, 0.1) is 0 Å². The Morgan fingerprint density at radius 3 is 2.95 bits per heavy atom. The molecule has 5 nitrogen and oxygen atoms in total. The molecule has 0 radical (unpaired) electrons. The van der Waals surface area contributed by atoms with E-state index in [0.29, 0.717) is 18.3 Å². The van der Waals surface area contributed by atoms with Gasteiger partial charge in [-0.25, -0.2) is 0 Å². The summed E-state index contributed by atoms with van der Waals surface area (Å²) < 4.78 is 0. The SMILES string of the molecule is NC(CCCNC1CCCN(Cc2ccccc2)C1)=NO. The monoisotopic (exact) mass is 290 g/mol. The molecule has 1 saturated heterocycles. The Morgan fingerprint density at radius 2 is 2.19 bits per heavy atom. The second-order valence-corrected chi connectivity index (χ2v) is 5.71. The predicted octanol–water partition coefficient (Wildman–Crippen LogP) is 1.77. The van der Waals surface area contributed by atoms with Crippen molar-refractivity contribution in [1.29, 1.82) is 0 Å². The number of rotatable bonds is 7. The van der Waals surface area contributed by atoms with E-state index >= 15 is 0 Å². The zero-order valence-electron chi connectivity index (χ0n) is 12.5.